The third kappa shape index (κ3) is 3.63. The number of sulfonamides is 1. The van der Waals surface area contributed by atoms with E-state index in [0.29, 0.717) is 0 Å². The molecule has 1 atom stereocenters. The number of rotatable bonds is 5. The van der Waals surface area contributed by atoms with Crippen molar-refractivity contribution in [1.82, 2.24) is 4.72 Å². The highest BCUT2D eigenvalue weighted by Crippen LogP contribution is 2.15. The van der Waals surface area contributed by atoms with Gasteiger partial charge in [-0.25, -0.2) is 17.5 Å². The van der Waals surface area contributed by atoms with Crippen molar-refractivity contribution in [2.45, 2.75) is 11.0 Å². The normalized spacial score (nSPS) is 13.6. The van der Waals surface area contributed by atoms with E-state index in [1.807, 2.05) is 4.72 Å². The molecule has 0 amide bonds. The topological polar surface area (TPSA) is 113 Å². The zero-order valence-electron chi connectivity index (χ0n) is 8.80. The summed E-state index contributed by atoms with van der Waals surface area (Å²) in [6, 6.07) is 3.06. The molecule has 6 nitrogen and oxygen atoms in total. The molecule has 0 bridgehead atoms. The van der Waals surface area contributed by atoms with Gasteiger partial charge in [0, 0.05) is 6.54 Å². The third-order valence-corrected chi connectivity index (χ3v) is 3.42. The minimum atomic E-state index is -3.92. The van der Waals surface area contributed by atoms with Crippen molar-refractivity contribution < 1.29 is 23.0 Å². The van der Waals surface area contributed by atoms with Crippen LogP contribution in [0.4, 0.5) is 10.1 Å². The van der Waals surface area contributed by atoms with Crippen molar-refractivity contribution in [3.63, 3.8) is 0 Å². The number of aliphatic hydroxyl groups is 2. The van der Waals surface area contributed by atoms with Gasteiger partial charge in [-0.3, -0.25) is 0 Å². The average Bonchev–Trinajstić information content (AvgIpc) is 2.29. The van der Waals surface area contributed by atoms with Crippen LogP contribution in [-0.4, -0.2) is 37.9 Å². The van der Waals surface area contributed by atoms with Gasteiger partial charge >= 0.3 is 0 Å². The van der Waals surface area contributed by atoms with Gasteiger partial charge in [0.15, 0.2) is 0 Å². The molecule has 96 valence electrons. The molecule has 0 fully saturated rings. The van der Waals surface area contributed by atoms with E-state index in [0.717, 1.165) is 18.2 Å². The lowest BCUT2D eigenvalue weighted by molar-refractivity contribution is 0.0988. The molecular weight excluding hydrogens is 251 g/mol. The average molecular weight is 264 g/mol. The Hall–Kier alpha value is -1.22. The van der Waals surface area contributed by atoms with Gasteiger partial charge in [0.1, 0.15) is 5.82 Å². The summed E-state index contributed by atoms with van der Waals surface area (Å²) in [5.74, 6) is -0.837. The number of nitrogens with two attached hydrogens (primary N) is 1. The lowest BCUT2D eigenvalue weighted by Crippen LogP contribution is -2.33. The zero-order valence-corrected chi connectivity index (χ0v) is 9.61. The van der Waals surface area contributed by atoms with E-state index < -0.39 is 28.6 Å². The molecule has 0 aliphatic carbocycles. The molecule has 1 aromatic rings. The Morgan fingerprint density at radius 3 is 2.65 bits per heavy atom. The van der Waals surface area contributed by atoms with Crippen LogP contribution in [0.3, 0.4) is 0 Å². The van der Waals surface area contributed by atoms with Crippen LogP contribution >= 0.6 is 0 Å². The van der Waals surface area contributed by atoms with Crippen LogP contribution in [0.25, 0.3) is 0 Å². The van der Waals surface area contributed by atoms with Crippen LogP contribution in [0.15, 0.2) is 23.1 Å². The first-order valence-electron chi connectivity index (χ1n) is 4.70. The van der Waals surface area contributed by atoms with Crippen LogP contribution in [0.5, 0.6) is 0 Å². The summed E-state index contributed by atoms with van der Waals surface area (Å²) >= 11 is 0. The van der Waals surface area contributed by atoms with Crippen molar-refractivity contribution in [3.05, 3.63) is 24.0 Å². The van der Waals surface area contributed by atoms with Gasteiger partial charge in [-0.1, -0.05) is 0 Å². The summed E-state index contributed by atoms with van der Waals surface area (Å²) < 4.78 is 38.3. The Balaban J connectivity index is 2.86. The number of halogens is 1. The van der Waals surface area contributed by atoms with E-state index in [9.17, 15) is 12.8 Å². The van der Waals surface area contributed by atoms with Gasteiger partial charge in [0.05, 0.1) is 23.3 Å². The molecule has 0 aromatic heterocycles. The highest BCUT2D eigenvalue weighted by molar-refractivity contribution is 7.89. The van der Waals surface area contributed by atoms with E-state index in [1.54, 1.807) is 0 Å². The predicted octanol–water partition coefficient (Wildman–Crippen LogP) is -0.961. The Morgan fingerprint density at radius 2 is 2.12 bits per heavy atom. The quantitative estimate of drug-likeness (QED) is 0.512. The maximum absolute atomic E-state index is 13.1. The molecule has 17 heavy (non-hydrogen) atoms. The lowest BCUT2D eigenvalue weighted by atomic mass is 10.3. The van der Waals surface area contributed by atoms with Crippen LogP contribution in [0, 0.1) is 5.82 Å². The fourth-order valence-electron chi connectivity index (χ4n) is 1.03. The molecule has 1 aromatic carbocycles. The first-order chi connectivity index (χ1) is 7.86. The summed E-state index contributed by atoms with van der Waals surface area (Å²) in [5.41, 5.74) is 5.06. The molecule has 1 rings (SSSR count). The molecular formula is C9H13FN2O4S. The first-order valence-corrected chi connectivity index (χ1v) is 6.18. The SMILES string of the molecule is Nc1ccc(S(=O)(=O)NCC(O)CO)cc1F. The van der Waals surface area contributed by atoms with Gasteiger partial charge in [-0.05, 0) is 18.2 Å². The highest BCUT2D eigenvalue weighted by Gasteiger charge is 2.16. The maximum atomic E-state index is 13.1. The summed E-state index contributed by atoms with van der Waals surface area (Å²) in [6.45, 7) is -0.927. The van der Waals surface area contributed by atoms with Crippen molar-refractivity contribution in [2.24, 2.45) is 0 Å². The second kappa shape index (κ2) is 5.41. The predicted molar refractivity (Wildman–Crippen MR) is 59.1 cm³/mol. The highest BCUT2D eigenvalue weighted by atomic mass is 32.2. The standard InChI is InChI=1S/C9H13FN2O4S/c10-8-3-7(1-2-9(8)11)17(15,16)12-4-6(14)5-13/h1-3,6,12-14H,4-5,11H2. The Labute approximate surface area is 97.9 Å². The largest absolute Gasteiger partial charge is 0.396 e. The Morgan fingerprint density at radius 1 is 1.47 bits per heavy atom. The summed E-state index contributed by atoms with van der Waals surface area (Å²) in [6.07, 6.45) is -1.21. The van der Waals surface area contributed by atoms with Gasteiger partial charge in [0.2, 0.25) is 10.0 Å². The monoisotopic (exact) mass is 264 g/mol. The van der Waals surface area contributed by atoms with Gasteiger partial charge < -0.3 is 15.9 Å². The molecule has 0 spiro atoms. The number of benzene rings is 1. The van der Waals surface area contributed by atoms with Gasteiger partial charge in [-0.15, -0.1) is 0 Å². The fraction of sp³-hybridized carbons (Fsp3) is 0.333. The van der Waals surface area contributed by atoms with Crippen molar-refractivity contribution >= 4 is 15.7 Å². The number of nitrogens with one attached hydrogen (secondary N) is 1. The molecule has 0 aliphatic rings. The second-order valence-corrected chi connectivity index (χ2v) is 5.14. The number of nitrogen functional groups attached to an aromatic ring is 1. The first kappa shape index (κ1) is 13.8. The number of hydrogen-bond donors (Lipinski definition) is 4. The second-order valence-electron chi connectivity index (χ2n) is 3.37. The number of anilines is 1. The summed E-state index contributed by atoms with van der Waals surface area (Å²) in [7, 11) is -3.92. The van der Waals surface area contributed by atoms with E-state index in [-0.39, 0.29) is 17.1 Å². The zero-order chi connectivity index (χ0) is 13.1. The van der Waals surface area contributed by atoms with E-state index in [2.05, 4.69) is 0 Å². The third-order valence-electron chi connectivity index (χ3n) is 2.00. The fourth-order valence-corrected chi connectivity index (χ4v) is 2.11. The molecule has 0 radical (unpaired) electrons. The summed E-state index contributed by atoms with van der Waals surface area (Å²) in [4.78, 5) is -0.297. The van der Waals surface area contributed by atoms with E-state index >= 15 is 0 Å². The van der Waals surface area contributed by atoms with Gasteiger partial charge in [0.25, 0.3) is 0 Å². The number of aliphatic hydroxyl groups excluding tert-OH is 2. The van der Waals surface area contributed by atoms with Crippen LogP contribution < -0.4 is 10.5 Å². The maximum Gasteiger partial charge on any atom is 0.240 e. The van der Waals surface area contributed by atoms with Crippen LogP contribution in [0.1, 0.15) is 0 Å². The van der Waals surface area contributed by atoms with Gasteiger partial charge in [-0.2, -0.15) is 0 Å². The van der Waals surface area contributed by atoms with Crippen molar-refractivity contribution in [1.29, 1.82) is 0 Å². The molecule has 5 N–H and O–H groups in total. The summed E-state index contributed by atoms with van der Waals surface area (Å²) in [5, 5.41) is 17.5. The molecule has 0 aliphatic heterocycles. The van der Waals surface area contributed by atoms with Crippen LogP contribution in [-0.2, 0) is 10.0 Å². The number of hydrogen-bond acceptors (Lipinski definition) is 5. The van der Waals surface area contributed by atoms with Crippen molar-refractivity contribution in [3.8, 4) is 0 Å². The minimum absolute atomic E-state index is 0.153. The molecule has 0 saturated carbocycles. The smallest absolute Gasteiger partial charge is 0.240 e. The molecule has 1 unspecified atom stereocenters. The minimum Gasteiger partial charge on any atom is -0.396 e. The van der Waals surface area contributed by atoms with E-state index in [1.165, 1.54) is 0 Å². The molecule has 0 heterocycles. The van der Waals surface area contributed by atoms with Crippen LogP contribution in [0.2, 0.25) is 0 Å². The van der Waals surface area contributed by atoms with Crippen molar-refractivity contribution in [2.75, 3.05) is 18.9 Å². The van der Waals surface area contributed by atoms with E-state index in [4.69, 9.17) is 15.9 Å². The Bertz CT molecular complexity index is 492. The lowest BCUT2D eigenvalue weighted by Gasteiger charge is -2.10. The molecule has 8 heteroatoms. The molecule has 0 saturated heterocycles. The Kier molecular flexibility index (Phi) is 4.40.